The van der Waals surface area contributed by atoms with Gasteiger partial charge in [0, 0.05) is 14.2 Å². The van der Waals surface area contributed by atoms with Gasteiger partial charge in [0.15, 0.2) is 0 Å². The van der Waals surface area contributed by atoms with Gasteiger partial charge in [-0.15, -0.1) is 0 Å². The molecule has 0 aliphatic heterocycles. The van der Waals surface area contributed by atoms with Crippen LogP contribution < -0.4 is 0 Å². The second-order valence-electron chi connectivity index (χ2n) is 3.14. The molecule has 0 saturated heterocycles. The predicted molar refractivity (Wildman–Crippen MR) is 58.7 cm³/mol. The van der Waals surface area contributed by atoms with Crippen molar-refractivity contribution >= 4 is 13.6 Å². The number of aromatic carboxylic acids is 1. The highest BCUT2D eigenvalue weighted by Gasteiger charge is 2.21. The number of rotatable bonds is 5. The van der Waals surface area contributed by atoms with Gasteiger partial charge in [-0.2, -0.15) is 0 Å². The quantitative estimate of drug-likeness (QED) is 0.805. The van der Waals surface area contributed by atoms with Gasteiger partial charge in [0.1, 0.15) is 0 Å². The molecule has 0 heterocycles. The summed E-state index contributed by atoms with van der Waals surface area (Å²) < 4.78 is 21.4. The van der Waals surface area contributed by atoms with Crippen molar-refractivity contribution in [3.63, 3.8) is 0 Å². The minimum Gasteiger partial charge on any atom is -0.478 e. The lowest BCUT2D eigenvalue weighted by Gasteiger charge is -2.13. The molecule has 5 nitrogen and oxygen atoms in total. The molecule has 0 unspecified atom stereocenters. The maximum absolute atomic E-state index is 11.8. The van der Waals surface area contributed by atoms with Crippen LogP contribution in [0.4, 0.5) is 0 Å². The monoisotopic (exact) mass is 244 g/mol. The number of benzene rings is 1. The third-order valence-corrected chi connectivity index (χ3v) is 3.97. The second kappa shape index (κ2) is 5.25. The summed E-state index contributed by atoms with van der Waals surface area (Å²) in [5, 5.41) is 8.79. The molecule has 16 heavy (non-hydrogen) atoms. The normalized spacial score (nSPS) is 11.4. The van der Waals surface area contributed by atoms with Crippen molar-refractivity contribution < 1.29 is 23.5 Å². The van der Waals surface area contributed by atoms with Gasteiger partial charge in [-0.3, -0.25) is 4.57 Å². The van der Waals surface area contributed by atoms with Crippen LogP contribution in [0.5, 0.6) is 0 Å². The van der Waals surface area contributed by atoms with E-state index in [1.165, 1.54) is 26.4 Å². The fourth-order valence-electron chi connectivity index (χ4n) is 1.23. The highest BCUT2D eigenvalue weighted by atomic mass is 31.2. The van der Waals surface area contributed by atoms with Gasteiger partial charge in [-0.05, 0) is 17.7 Å². The van der Waals surface area contributed by atoms with E-state index in [2.05, 4.69) is 0 Å². The highest BCUT2D eigenvalue weighted by Crippen LogP contribution is 2.49. The number of carboxylic acids is 1. The van der Waals surface area contributed by atoms with Crippen LogP contribution in [0.3, 0.4) is 0 Å². The molecule has 1 aromatic rings. The summed E-state index contributed by atoms with van der Waals surface area (Å²) in [6.45, 7) is 0. The Kier molecular flexibility index (Phi) is 4.24. The molecule has 0 bridgehead atoms. The molecule has 0 amide bonds. The lowest BCUT2D eigenvalue weighted by atomic mass is 10.1. The summed E-state index contributed by atoms with van der Waals surface area (Å²) in [5.74, 6) is -1.02. The third-order valence-electron chi connectivity index (χ3n) is 2.11. The third kappa shape index (κ3) is 3.17. The average molecular weight is 244 g/mol. The minimum atomic E-state index is -3.15. The minimum absolute atomic E-state index is 0.0567. The van der Waals surface area contributed by atoms with Gasteiger partial charge >= 0.3 is 13.6 Å². The van der Waals surface area contributed by atoms with Crippen LogP contribution in [0.1, 0.15) is 15.9 Å². The van der Waals surface area contributed by atoms with Crippen molar-refractivity contribution in [2.24, 2.45) is 0 Å². The van der Waals surface area contributed by atoms with Gasteiger partial charge in [0.05, 0.1) is 11.7 Å². The van der Waals surface area contributed by atoms with Crippen LogP contribution in [0.15, 0.2) is 24.3 Å². The average Bonchev–Trinajstić information content (AvgIpc) is 2.29. The molecule has 0 aliphatic rings. The Morgan fingerprint density at radius 1 is 1.38 bits per heavy atom. The molecule has 0 aliphatic carbocycles. The van der Waals surface area contributed by atoms with Crippen molar-refractivity contribution in [2.45, 2.75) is 6.16 Å². The van der Waals surface area contributed by atoms with Gasteiger partial charge < -0.3 is 14.2 Å². The van der Waals surface area contributed by atoms with Crippen LogP contribution in [0.2, 0.25) is 0 Å². The predicted octanol–water partition coefficient (Wildman–Crippen LogP) is 2.37. The summed E-state index contributed by atoms with van der Waals surface area (Å²) in [6, 6.07) is 6.19. The number of hydrogen-bond donors (Lipinski definition) is 1. The van der Waals surface area contributed by atoms with E-state index in [1.54, 1.807) is 12.1 Å². The molecule has 0 spiro atoms. The Hall–Kier alpha value is -1.16. The Morgan fingerprint density at radius 3 is 2.50 bits per heavy atom. The van der Waals surface area contributed by atoms with Crippen molar-refractivity contribution in [2.75, 3.05) is 14.2 Å². The van der Waals surface area contributed by atoms with E-state index in [1.807, 2.05) is 0 Å². The van der Waals surface area contributed by atoms with Gasteiger partial charge in [-0.1, -0.05) is 12.1 Å². The van der Waals surface area contributed by atoms with E-state index >= 15 is 0 Å². The van der Waals surface area contributed by atoms with E-state index in [0.29, 0.717) is 5.56 Å². The zero-order chi connectivity index (χ0) is 12.2. The molecule has 1 aromatic carbocycles. The molecule has 1 rings (SSSR count). The Morgan fingerprint density at radius 2 is 2.00 bits per heavy atom. The zero-order valence-electron chi connectivity index (χ0n) is 9.04. The first-order chi connectivity index (χ1) is 7.50. The van der Waals surface area contributed by atoms with Crippen LogP contribution in [0.25, 0.3) is 0 Å². The fraction of sp³-hybridized carbons (Fsp3) is 0.300. The van der Waals surface area contributed by atoms with E-state index in [-0.39, 0.29) is 11.7 Å². The molecule has 0 fully saturated rings. The van der Waals surface area contributed by atoms with Crippen LogP contribution in [0, 0.1) is 0 Å². The van der Waals surface area contributed by atoms with Crippen molar-refractivity contribution in [1.29, 1.82) is 0 Å². The Labute approximate surface area is 93.5 Å². The maximum Gasteiger partial charge on any atom is 0.335 e. The maximum atomic E-state index is 11.8. The number of hydrogen-bond acceptors (Lipinski definition) is 4. The second-order valence-corrected chi connectivity index (χ2v) is 5.41. The standard InChI is InChI=1S/C10H13O5P/c1-14-16(13,15-2)7-8-4-3-5-9(6-8)10(11)12/h3-6H,7H2,1-2H3,(H,11,12). The molecule has 6 heteroatoms. The van der Waals surface area contributed by atoms with Crippen molar-refractivity contribution in [3.05, 3.63) is 35.4 Å². The van der Waals surface area contributed by atoms with Crippen molar-refractivity contribution in [3.8, 4) is 0 Å². The zero-order valence-corrected chi connectivity index (χ0v) is 9.94. The Bertz CT molecular complexity index is 421. The molecular formula is C10H13O5P. The van der Waals surface area contributed by atoms with E-state index < -0.39 is 13.6 Å². The van der Waals surface area contributed by atoms with Crippen LogP contribution in [-0.2, 0) is 19.8 Å². The first-order valence-corrected chi connectivity index (χ1v) is 6.26. The smallest absolute Gasteiger partial charge is 0.335 e. The molecule has 0 atom stereocenters. The van der Waals surface area contributed by atoms with Gasteiger partial charge in [0.25, 0.3) is 0 Å². The van der Waals surface area contributed by atoms with Gasteiger partial charge in [-0.25, -0.2) is 4.79 Å². The Balaban J connectivity index is 2.93. The first kappa shape index (κ1) is 12.9. The van der Waals surface area contributed by atoms with E-state index in [0.717, 1.165) is 0 Å². The van der Waals surface area contributed by atoms with Crippen LogP contribution >= 0.6 is 7.60 Å². The molecule has 0 radical (unpaired) electrons. The summed E-state index contributed by atoms with van der Waals surface area (Å²) in [7, 11) is -0.552. The summed E-state index contributed by atoms with van der Waals surface area (Å²) in [4.78, 5) is 10.7. The molecule has 0 saturated carbocycles. The number of carbonyl (C=O) groups is 1. The lowest BCUT2D eigenvalue weighted by molar-refractivity contribution is 0.0696. The van der Waals surface area contributed by atoms with E-state index in [9.17, 15) is 9.36 Å². The largest absolute Gasteiger partial charge is 0.478 e. The SMILES string of the molecule is COP(=O)(Cc1cccc(C(=O)O)c1)OC. The topological polar surface area (TPSA) is 72.8 Å². The summed E-state index contributed by atoms with van der Waals surface area (Å²) >= 11 is 0. The molecule has 88 valence electrons. The highest BCUT2D eigenvalue weighted by molar-refractivity contribution is 7.52. The van der Waals surface area contributed by atoms with Gasteiger partial charge in [0.2, 0.25) is 0 Å². The summed E-state index contributed by atoms with van der Waals surface area (Å²) in [5.41, 5.74) is 0.753. The molecular weight excluding hydrogens is 231 g/mol. The molecule has 1 N–H and O–H groups in total. The summed E-state index contributed by atoms with van der Waals surface area (Å²) in [6.07, 6.45) is 0.0567. The lowest BCUT2D eigenvalue weighted by Crippen LogP contribution is -1.98. The van der Waals surface area contributed by atoms with Crippen molar-refractivity contribution in [1.82, 2.24) is 0 Å². The number of carboxylic acid groups (broad SMARTS) is 1. The fourth-order valence-corrected chi connectivity index (χ4v) is 2.28. The van der Waals surface area contributed by atoms with E-state index in [4.69, 9.17) is 14.2 Å². The molecule has 0 aromatic heterocycles. The first-order valence-electron chi connectivity index (χ1n) is 4.53. The van der Waals surface area contributed by atoms with Crippen LogP contribution in [-0.4, -0.2) is 25.3 Å².